The van der Waals surface area contributed by atoms with Crippen molar-refractivity contribution >= 4 is 166 Å². The second kappa shape index (κ2) is 12.9. The highest BCUT2D eigenvalue weighted by molar-refractivity contribution is 9.12. The van der Waals surface area contributed by atoms with Gasteiger partial charge in [0.05, 0.1) is 0 Å². The van der Waals surface area contributed by atoms with Gasteiger partial charge in [-0.2, -0.15) is 0 Å². The molecule has 3 rings (SSSR count). The van der Waals surface area contributed by atoms with Crippen LogP contribution in [0.5, 0.6) is 0 Å². The zero-order valence-corrected chi connectivity index (χ0v) is 32.6. The fourth-order valence-electron chi connectivity index (χ4n) is 4.14. The van der Waals surface area contributed by atoms with E-state index >= 15 is 0 Å². The maximum atomic E-state index is 4.00. The molecule has 0 amide bonds. The summed E-state index contributed by atoms with van der Waals surface area (Å²) in [5, 5.41) is 0. The molecule has 0 radical (unpaired) electrons. The maximum Gasteiger partial charge on any atom is 0.250 e. The maximum absolute atomic E-state index is 4.00. The lowest BCUT2D eigenvalue weighted by Gasteiger charge is -2.27. The second-order valence-corrected chi connectivity index (χ2v) is 15.1. The summed E-state index contributed by atoms with van der Waals surface area (Å²) in [6.45, 7) is 6.45. The average Bonchev–Trinajstić information content (AvgIpc) is 2.73. The Hall–Kier alpha value is 2.04. The third kappa shape index (κ3) is 5.80. The predicted molar refractivity (Wildman–Crippen MR) is 181 cm³/mol. The zero-order chi connectivity index (χ0) is 25.5. The van der Waals surface area contributed by atoms with E-state index in [-0.39, 0.29) is 6.71 Å². The van der Waals surface area contributed by atoms with Gasteiger partial charge in [-0.25, -0.2) is 0 Å². The van der Waals surface area contributed by atoms with Crippen molar-refractivity contribution in [3.63, 3.8) is 0 Å². The predicted octanol–water partition coefficient (Wildman–Crippen LogP) is 10.8. The van der Waals surface area contributed by atoms with Crippen LogP contribution in [0.3, 0.4) is 0 Å². The van der Waals surface area contributed by atoms with Crippen LogP contribution in [0.15, 0.2) is 58.5 Å². The molecule has 3 aromatic carbocycles. The van der Waals surface area contributed by atoms with E-state index in [4.69, 9.17) is 0 Å². The topological polar surface area (TPSA) is 0 Å². The van der Waals surface area contributed by atoms with Gasteiger partial charge in [0, 0.05) is 40.3 Å². The summed E-state index contributed by atoms with van der Waals surface area (Å²) in [6, 6.07) is 6.48. The van der Waals surface area contributed by atoms with Gasteiger partial charge in [-0.1, -0.05) is 164 Å². The van der Waals surface area contributed by atoms with Gasteiger partial charge in [0.25, 0.3) is 0 Å². The molecule has 0 spiro atoms. The Bertz CT molecular complexity index is 1120. The summed E-state index contributed by atoms with van der Waals surface area (Å²) in [6.07, 6.45) is 2.71. The van der Waals surface area contributed by atoms with Crippen molar-refractivity contribution < 1.29 is 0 Å². The van der Waals surface area contributed by atoms with Crippen molar-refractivity contribution in [1.82, 2.24) is 0 Å². The standard InChI is InChI=1S/C24H18BBr9/c1-4-10-13(26)7-16(29)19(22(10)32)25(20-17(30)8-14(27)11(5-2)23(20)33)21-18(31)9-15(28)12(6-3)24(21)34/h7-9H,4-6H2,1-3H3. The van der Waals surface area contributed by atoms with Gasteiger partial charge in [-0.3, -0.25) is 0 Å². The fraction of sp³-hybridized carbons (Fsp3) is 0.250. The molecule has 34 heavy (non-hydrogen) atoms. The first kappa shape index (κ1) is 30.6. The van der Waals surface area contributed by atoms with Gasteiger partial charge in [0.2, 0.25) is 6.71 Å². The first-order valence-corrected chi connectivity index (χ1v) is 17.6. The highest BCUT2D eigenvalue weighted by atomic mass is 79.9. The Labute approximate surface area is 277 Å². The molecule has 3 aromatic rings. The molecule has 0 aromatic heterocycles. The molecule has 0 unspecified atom stereocenters. The van der Waals surface area contributed by atoms with Gasteiger partial charge in [0.1, 0.15) is 0 Å². The lowest BCUT2D eigenvalue weighted by Crippen LogP contribution is -2.55. The Morgan fingerprint density at radius 2 is 0.676 bits per heavy atom. The minimum Gasteiger partial charge on any atom is -0.0612 e. The van der Waals surface area contributed by atoms with Crippen LogP contribution in [0.4, 0.5) is 0 Å². The second-order valence-electron chi connectivity index (χ2n) is 7.63. The summed E-state index contributed by atoms with van der Waals surface area (Å²) >= 11 is 35.0. The van der Waals surface area contributed by atoms with Crippen molar-refractivity contribution in [2.75, 3.05) is 0 Å². The highest BCUT2D eigenvalue weighted by Gasteiger charge is 2.36. The van der Waals surface area contributed by atoms with Crippen molar-refractivity contribution in [2.24, 2.45) is 0 Å². The molecule has 180 valence electrons. The zero-order valence-electron chi connectivity index (χ0n) is 18.3. The molecular weight excluding hydrogens is 1020 g/mol. The van der Waals surface area contributed by atoms with Crippen molar-refractivity contribution in [3.05, 3.63) is 75.1 Å². The van der Waals surface area contributed by atoms with Crippen LogP contribution < -0.4 is 16.4 Å². The smallest absolute Gasteiger partial charge is 0.0612 e. The fourth-order valence-corrected chi connectivity index (χ4v) is 13.6. The molecule has 0 aliphatic carbocycles. The third-order valence-corrected chi connectivity index (χ3v) is 12.6. The van der Waals surface area contributed by atoms with Crippen LogP contribution in [0.25, 0.3) is 0 Å². The summed E-state index contributed by atoms with van der Waals surface area (Å²) in [5.41, 5.74) is 7.25. The van der Waals surface area contributed by atoms with Crippen LogP contribution in [0.2, 0.25) is 0 Å². The van der Waals surface area contributed by atoms with Gasteiger partial charge in [-0.15, -0.1) is 0 Å². The molecule has 0 nitrogen and oxygen atoms in total. The van der Waals surface area contributed by atoms with Gasteiger partial charge >= 0.3 is 0 Å². The Morgan fingerprint density at radius 1 is 0.441 bits per heavy atom. The lowest BCUT2D eigenvalue weighted by molar-refractivity contribution is 1.11. The van der Waals surface area contributed by atoms with E-state index in [2.05, 4.69) is 182 Å². The lowest BCUT2D eigenvalue weighted by atomic mass is 9.36. The molecule has 0 atom stereocenters. The van der Waals surface area contributed by atoms with Crippen LogP contribution in [-0.4, -0.2) is 6.71 Å². The molecule has 0 bridgehead atoms. The number of hydrogen-bond donors (Lipinski definition) is 0. The molecule has 0 saturated heterocycles. The quantitative estimate of drug-likeness (QED) is 0.216. The summed E-state index contributed by atoms with van der Waals surface area (Å²) in [7, 11) is 0. The number of halogens is 9. The van der Waals surface area contributed by atoms with E-state index in [1.165, 1.54) is 33.1 Å². The highest BCUT2D eigenvalue weighted by Crippen LogP contribution is 2.35. The molecule has 0 saturated carbocycles. The monoisotopic (exact) mass is 1030 g/mol. The van der Waals surface area contributed by atoms with Crippen molar-refractivity contribution in [2.45, 2.75) is 40.0 Å². The minimum absolute atomic E-state index is 0.0913. The molecule has 0 fully saturated rings. The van der Waals surface area contributed by atoms with Gasteiger partial charge in [-0.05, 0) is 70.5 Å². The Balaban J connectivity index is 2.58. The van der Waals surface area contributed by atoms with E-state index in [0.717, 1.165) is 59.5 Å². The molecule has 0 heterocycles. The van der Waals surface area contributed by atoms with E-state index in [9.17, 15) is 0 Å². The SMILES string of the molecule is CCc1c(Br)cc(Br)c(B(c2c(Br)cc(Br)c(CC)c2Br)c2c(Br)cc(Br)c(CC)c2Br)c1Br. The Morgan fingerprint density at radius 3 is 0.882 bits per heavy atom. The molecule has 0 aliphatic heterocycles. The van der Waals surface area contributed by atoms with E-state index in [0.29, 0.717) is 0 Å². The minimum atomic E-state index is -0.0913. The first-order valence-electron chi connectivity index (χ1n) is 10.5. The number of rotatable bonds is 6. The first-order chi connectivity index (χ1) is 16.0. The van der Waals surface area contributed by atoms with Crippen molar-refractivity contribution in [1.29, 1.82) is 0 Å². The number of hydrogen-bond acceptors (Lipinski definition) is 0. The van der Waals surface area contributed by atoms with Crippen LogP contribution in [0, 0.1) is 0 Å². The third-order valence-electron chi connectivity index (χ3n) is 5.83. The largest absolute Gasteiger partial charge is 0.250 e. The van der Waals surface area contributed by atoms with Crippen LogP contribution in [0.1, 0.15) is 37.5 Å². The van der Waals surface area contributed by atoms with Crippen LogP contribution in [-0.2, 0) is 19.3 Å². The molecular formula is C24H18BBr9. The van der Waals surface area contributed by atoms with E-state index in [1.54, 1.807) is 0 Å². The molecule has 0 aliphatic rings. The van der Waals surface area contributed by atoms with Gasteiger partial charge < -0.3 is 0 Å². The Kier molecular flexibility index (Phi) is 11.6. The molecule has 0 N–H and O–H groups in total. The number of benzene rings is 3. The van der Waals surface area contributed by atoms with E-state index < -0.39 is 0 Å². The summed E-state index contributed by atoms with van der Waals surface area (Å²) in [4.78, 5) is 0. The average molecular weight is 1040 g/mol. The van der Waals surface area contributed by atoms with E-state index in [1.807, 2.05) is 0 Å². The summed E-state index contributed by atoms with van der Waals surface area (Å²) < 4.78 is 9.66. The normalized spacial score (nSPS) is 11.3. The summed E-state index contributed by atoms with van der Waals surface area (Å²) in [5.74, 6) is 0. The van der Waals surface area contributed by atoms with Crippen molar-refractivity contribution in [3.8, 4) is 0 Å². The van der Waals surface area contributed by atoms with Crippen LogP contribution >= 0.6 is 143 Å². The van der Waals surface area contributed by atoms with Gasteiger partial charge in [0.15, 0.2) is 0 Å². The molecule has 10 heteroatoms.